The van der Waals surface area contributed by atoms with E-state index in [1.807, 2.05) is 18.2 Å². The number of rotatable bonds is 4. The van der Waals surface area contributed by atoms with Crippen LogP contribution in [0, 0.1) is 17.2 Å². The number of hydrogen-bond acceptors (Lipinski definition) is 4. The molecule has 1 saturated heterocycles. The summed E-state index contributed by atoms with van der Waals surface area (Å²) >= 11 is 0. The SMILES string of the molecule is COc1cccc(N2C[C@H](C(=O)Nc3ccc(C#N)cc3)CC2=O)c1. The Morgan fingerprint density at radius 1 is 1.28 bits per heavy atom. The van der Waals surface area contributed by atoms with Crippen molar-refractivity contribution >= 4 is 23.2 Å². The molecule has 0 saturated carbocycles. The van der Waals surface area contributed by atoms with Gasteiger partial charge in [0, 0.05) is 30.4 Å². The lowest BCUT2D eigenvalue weighted by atomic mass is 10.1. The smallest absolute Gasteiger partial charge is 0.229 e. The highest BCUT2D eigenvalue weighted by Gasteiger charge is 2.35. The number of amides is 2. The van der Waals surface area contributed by atoms with Gasteiger partial charge in [-0.05, 0) is 36.4 Å². The van der Waals surface area contributed by atoms with Crippen molar-refractivity contribution in [3.05, 3.63) is 54.1 Å². The minimum atomic E-state index is -0.422. The molecule has 1 heterocycles. The van der Waals surface area contributed by atoms with Crippen molar-refractivity contribution in [2.75, 3.05) is 23.9 Å². The van der Waals surface area contributed by atoms with Crippen LogP contribution >= 0.6 is 0 Å². The van der Waals surface area contributed by atoms with E-state index >= 15 is 0 Å². The molecule has 2 amide bonds. The van der Waals surface area contributed by atoms with Crippen molar-refractivity contribution < 1.29 is 14.3 Å². The molecule has 6 heteroatoms. The Morgan fingerprint density at radius 3 is 2.72 bits per heavy atom. The van der Waals surface area contributed by atoms with Gasteiger partial charge in [0.1, 0.15) is 5.75 Å². The molecule has 1 atom stereocenters. The van der Waals surface area contributed by atoms with E-state index in [4.69, 9.17) is 10.00 Å². The number of anilines is 2. The lowest BCUT2D eigenvalue weighted by molar-refractivity contribution is -0.122. The van der Waals surface area contributed by atoms with E-state index in [1.54, 1.807) is 48.4 Å². The van der Waals surface area contributed by atoms with Crippen LogP contribution < -0.4 is 15.0 Å². The first-order valence-corrected chi connectivity index (χ1v) is 7.86. The molecule has 0 radical (unpaired) electrons. The quantitative estimate of drug-likeness (QED) is 0.931. The molecule has 1 fully saturated rings. The summed E-state index contributed by atoms with van der Waals surface area (Å²) in [5.41, 5.74) is 1.85. The van der Waals surface area contributed by atoms with Gasteiger partial charge in [0.05, 0.1) is 24.7 Å². The van der Waals surface area contributed by atoms with Gasteiger partial charge < -0.3 is 15.0 Å². The van der Waals surface area contributed by atoms with Crippen LogP contribution in [-0.2, 0) is 9.59 Å². The minimum absolute atomic E-state index is 0.0896. The molecule has 3 rings (SSSR count). The van der Waals surface area contributed by atoms with Gasteiger partial charge in [-0.25, -0.2) is 0 Å². The van der Waals surface area contributed by atoms with Crippen molar-refractivity contribution in [2.45, 2.75) is 6.42 Å². The van der Waals surface area contributed by atoms with Crippen LogP contribution in [0.2, 0.25) is 0 Å². The van der Waals surface area contributed by atoms with Gasteiger partial charge >= 0.3 is 0 Å². The average Bonchev–Trinajstić information content (AvgIpc) is 3.04. The molecule has 0 bridgehead atoms. The molecule has 25 heavy (non-hydrogen) atoms. The number of benzene rings is 2. The Morgan fingerprint density at radius 2 is 2.04 bits per heavy atom. The summed E-state index contributed by atoms with van der Waals surface area (Å²) in [6.07, 6.45) is 0.166. The normalized spacial score (nSPS) is 16.4. The fraction of sp³-hybridized carbons (Fsp3) is 0.211. The standard InChI is InChI=1S/C19H17N3O3/c1-25-17-4-2-3-16(10-17)22-12-14(9-18(22)23)19(24)21-15-7-5-13(11-20)6-8-15/h2-8,10,14H,9,12H2,1H3,(H,21,24)/t14-/m1/s1. The lowest BCUT2D eigenvalue weighted by Crippen LogP contribution is -2.28. The van der Waals surface area contributed by atoms with Crippen LogP contribution in [-0.4, -0.2) is 25.5 Å². The summed E-state index contributed by atoms with van der Waals surface area (Å²) < 4.78 is 5.18. The number of nitrogens with one attached hydrogen (secondary N) is 1. The van der Waals surface area contributed by atoms with E-state index in [-0.39, 0.29) is 18.2 Å². The van der Waals surface area contributed by atoms with Crippen LogP contribution in [0.1, 0.15) is 12.0 Å². The van der Waals surface area contributed by atoms with Crippen LogP contribution in [0.4, 0.5) is 11.4 Å². The molecule has 1 aliphatic heterocycles. The van der Waals surface area contributed by atoms with E-state index in [1.165, 1.54) is 0 Å². The number of hydrogen-bond donors (Lipinski definition) is 1. The maximum Gasteiger partial charge on any atom is 0.229 e. The van der Waals surface area contributed by atoms with E-state index in [0.717, 1.165) is 5.69 Å². The summed E-state index contributed by atoms with van der Waals surface area (Å²) in [5, 5.41) is 11.6. The van der Waals surface area contributed by atoms with Gasteiger partial charge in [0.2, 0.25) is 11.8 Å². The summed E-state index contributed by atoms with van der Waals surface area (Å²) in [7, 11) is 1.57. The monoisotopic (exact) mass is 335 g/mol. The predicted molar refractivity (Wildman–Crippen MR) is 93.2 cm³/mol. The summed E-state index contributed by atoms with van der Waals surface area (Å²) in [6.45, 7) is 0.327. The predicted octanol–water partition coefficient (Wildman–Crippen LogP) is 2.56. The van der Waals surface area contributed by atoms with E-state index in [2.05, 4.69) is 5.32 Å². The zero-order chi connectivity index (χ0) is 17.8. The molecule has 6 nitrogen and oxygen atoms in total. The number of carbonyl (C=O) groups is 2. The van der Waals surface area contributed by atoms with Gasteiger partial charge in [0.15, 0.2) is 0 Å². The maximum atomic E-state index is 12.4. The number of methoxy groups -OCH3 is 1. The molecular weight excluding hydrogens is 318 g/mol. The van der Waals surface area contributed by atoms with E-state index < -0.39 is 5.92 Å². The zero-order valence-electron chi connectivity index (χ0n) is 13.7. The van der Waals surface area contributed by atoms with Crippen LogP contribution in [0.3, 0.4) is 0 Å². The summed E-state index contributed by atoms with van der Waals surface area (Å²) in [4.78, 5) is 26.3. The number of nitriles is 1. The topological polar surface area (TPSA) is 82.4 Å². The first-order valence-electron chi connectivity index (χ1n) is 7.86. The second kappa shape index (κ2) is 7.05. The second-order valence-corrected chi connectivity index (χ2v) is 5.79. The lowest BCUT2D eigenvalue weighted by Gasteiger charge is -2.17. The molecule has 0 aromatic heterocycles. The first-order chi connectivity index (χ1) is 12.1. The van der Waals surface area contributed by atoms with Crippen molar-refractivity contribution in [1.82, 2.24) is 0 Å². The van der Waals surface area contributed by atoms with Crippen LogP contribution in [0.25, 0.3) is 0 Å². The van der Waals surface area contributed by atoms with Crippen molar-refractivity contribution in [1.29, 1.82) is 5.26 Å². The molecule has 1 aliphatic rings. The first kappa shape index (κ1) is 16.5. The highest BCUT2D eigenvalue weighted by Crippen LogP contribution is 2.28. The van der Waals surface area contributed by atoms with E-state index in [9.17, 15) is 9.59 Å². The Labute approximate surface area is 145 Å². The summed E-state index contributed by atoms with van der Waals surface area (Å²) in [6, 6.07) is 15.9. The Balaban J connectivity index is 1.68. The second-order valence-electron chi connectivity index (χ2n) is 5.79. The minimum Gasteiger partial charge on any atom is -0.497 e. The van der Waals surface area contributed by atoms with Gasteiger partial charge in [-0.15, -0.1) is 0 Å². The number of ether oxygens (including phenoxy) is 1. The molecule has 1 N–H and O–H groups in total. The number of carbonyl (C=O) groups excluding carboxylic acids is 2. The van der Waals surface area contributed by atoms with Crippen molar-refractivity contribution in [3.63, 3.8) is 0 Å². The van der Waals surface area contributed by atoms with Crippen molar-refractivity contribution in [3.8, 4) is 11.8 Å². The molecule has 2 aromatic rings. The fourth-order valence-electron chi connectivity index (χ4n) is 2.78. The van der Waals surface area contributed by atoms with E-state index in [0.29, 0.717) is 23.5 Å². The number of nitrogens with zero attached hydrogens (tertiary/aromatic N) is 2. The Bertz CT molecular complexity index is 840. The molecule has 0 unspecified atom stereocenters. The molecule has 0 spiro atoms. The molecule has 0 aliphatic carbocycles. The maximum absolute atomic E-state index is 12.4. The molecular formula is C19H17N3O3. The third-order valence-electron chi connectivity index (χ3n) is 4.14. The molecule has 2 aromatic carbocycles. The average molecular weight is 335 g/mol. The Kier molecular flexibility index (Phi) is 4.66. The highest BCUT2D eigenvalue weighted by molar-refractivity contribution is 6.03. The third kappa shape index (κ3) is 3.61. The largest absolute Gasteiger partial charge is 0.497 e. The Hall–Kier alpha value is -3.33. The van der Waals surface area contributed by atoms with Crippen molar-refractivity contribution in [2.24, 2.45) is 5.92 Å². The van der Waals surface area contributed by atoms with Gasteiger partial charge in [0.25, 0.3) is 0 Å². The third-order valence-corrected chi connectivity index (χ3v) is 4.14. The zero-order valence-corrected chi connectivity index (χ0v) is 13.7. The van der Waals surface area contributed by atoms with Gasteiger partial charge in [-0.1, -0.05) is 6.07 Å². The van der Waals surface area contributed by atoms with Gasteiger partial charge in [-0.2, -0.15) is 5.26 Å². The van der Waals surface area contributed by atoms with Crippen LogP contribution in [0.15, 0.2) is 48.5 Å². The van der Waals surface area contributed by atoms with Crippen LogP contribution in [0.5, 0.6) is 5.75 Å². The van der Waals surface area contributed by atoms with Gasteiger partial charge in [-0.3, -0.25) is 9.59 Å². The molecule has 126 valence electrons. The highest BCUT2D eigenvalue weighted by atomic mass is 16.5. The summed E-state index contributed by atoms with van der Waals surface area (Å²) in [5.74, 6) is -0.0539. The fourth-order valence-corrected chi connectivity index (χ4v) is 2.78.